The van der Waals surface area contributed by atoms with E-state index in [2.05, 4.69) is 0 Å². The van der Waals surface area contributed by atoms with Crippen molar-refractivity contribution in [3.63, 3.8) is 0 Å². The third-order valence-electron chi connectivity index (χ3n) is 3.58. The van der Waals surface area contributed by atoms with Gasteiger partial charge >= 0.3 is 0 Å². The lowest BCUT2D eigenvalue weighted by molar-refractivity contribution is -0.117. The first-order valence-electron chi connectivity index (χ1n) is 6.56. The summed E-state index contributed by atoms with van der Waals surface area (Å²) < 4.78 is 22.3. The number of carbonyl (C=O) groups is 1. The average molecular weight is 296 g/mol. The molecule has 1 aliphatic heterocycles. The van der Waals surface area contributed by atoms with E-state index in [1.165, 1.54) is 0 Å². The van der Waals surface area contributed by atoms with Gasteiger partial charge in [0, 0.05) is 24.6 Å². The maximum absolute atomic E-state index is 12.2. The van der Waals surface area contributed by atoms with Gasteiger partial charge in [-0.1, -0.05) is 17.7 Å². The Morgan fingerprint density at radius 3 is 2.30 bits per heavy atom. The molecule has 1 fully saturated rings. The summed E-state index contributed by atoms with van der Waals surface area (Å²) in [7, 11) is -3.54. The van der Waals surface area contributed by atoms with Crippen molar-refractivity contribution < 1.29 is 13.2 Å². The van der Waals surface area contributed by atoms with Crippen LogP contribution in [0, 0.1) is 26.7 Å². The molecule has 0 aliphatic carbocycles. The molecule has 2 N–H and O–H groups in total. The predicted octanol–water partition coefficient (Wildman–Crippen LogP) is 1.25. The maximum atomic E-state index is 12.2. The fourth-order valence-electron chi connectivity index (χ4n) is 3.04. The minimum absolute atomic E-state index is 0.0336. The van der Waals surface area contributed by atoms with Crippen LogP contribution >= 0.6 is 0 Å². The number of rotatable bonds is 3. The number of carbonyl (C=O) groups excluding carboxylic acids is 1. The summed E-state index contributed by atoms with van der Waals surface area (Å²) in [5.74, 6) is -0.398. The molecule has 0 spiro atoms. The van der Waals surface area contributed by atoms with Gasteiger partial charge in [-0.2, -0.15) is 0 Å². The fraction of sp³-hybridized carbons (Fsp3) is 0.500. The van der Waals surface area contributed by atoms with E-state index in [1.807, 2.05) is 32.9 Å². The molecule has 6 heteroatoms. The summed E-state index contributed by atoms with van der Waals surface area (Å²) in [4.78, 5) is 13.8. The van der Waals surface area contributed by atoms with Crippen LogP contribution in [0.2, 0.25) is 0 Å². The third kappa shape index (κ3) is 3.19. The van der Waals surface area contributed by atoms with Crippen molar-refractivity contribution in [3.05, 3.63) is 28.8 Å². The molecule has 110 valence electrons. The molecular weight excluding hydrogens is 276 g/mol. The number of benzene rings is 1. The summed E-state index contributed by atoms with van der Waals surface area (Å²) in [6, 6.07) is 4.06. The fourth-order valence-corrected chi connectivity index (χ4v) is 3.92. The van der Waals surface area contributed by atoms with Gasteiger partial charge < -0.3 is 4.90 Å². The minimum Gasteiger partial charge on any atom is -0.312 e. The van der Waals surface area contributed by atoms with E-state index in [0.717, 1.165) is 22.4 Å². The molecule has 0 aromatic heterocycles. The SMILES string of the molecule is Cc1cc(C)c(N2CC(CS(N)(=O)=O)CC2=O)c(C)c1. The molecule has 1 saturated heterocycles. The lowest BCUT2D eigenvalue weighted by atomic mass is 10.0. The standard InChI is InChI=1S/C14H20N2O3S/c1-9-4-10(2)14(11(3)5-9)16-7-12(6-13(16)17)8-20(15,18)19/h4-5,12H,6-8H2,1-3H3,(H2,15,18,19). The lowest BCUT2D eigenvalue weighted by Gasteiger charge is -2.22. The molecule has 1 atom stereocenters. The van der Waals surface area contributed by atoms with Crippen molar-refractivity contribution >= 4 is 21.6 Å². The van der Waals surface area contributed by atoms with E-state index in [1.54, 1.807) is 4.90 Å². The van der Waals surface area contributed by atoms with Crippen LogP contribution in [0.4, 0.5) is 5.69 Å². The van der Waals surface area contributed by atoms with Crippen molar-refractivity contribution in [2.24, 2.45) is 11.1 Å². The van der Waals surface area contributed by atoms with Crippen molar-refractivity contribution in [2.75, 3.05) is 17.2 Å². The van der Waals surface area contributed by atoms with Crippen molar-refractivity contribution in [3.8, 4) is 0 Å². The Bertz CT molecular complexity index is 629. The van der Waals surface area contributed by atoms with Gasteiger partial charge in [0.15, 0.2) is 0 Å². The Morgan fingerprint density at radius 2 is 1.80 bits per heavy atom. The first-order valence-corrected chi connectivity index (χ1v) is 8.27. The monoisotopic (exact) mass is 296 g/mol. The van der Waals surface area contributed by atoms with E-state index in [0.29, 0.717) is 6.54 Å². The van der Waals surface area contributed by atoms with E-state index in [4.69, 9.17) is 5.14 Å². The maximum Gasteiger partial charge on any atom is 0.227 e. The highest BCUT2D eigenvalue weighted by atomic mass is 32.2. The highest BCUT2D eigenvalue weighted by Gasteiger charge is 2.34. The third-order valence-corrected chi connectivity index (χ3v) is 4.51. The van der Waals surface area contributed by atoms with Crippen molar-refractivity contribution in [1.82, 2.24) is 0 Å². The van der Waals surface area contributed by atoms with Crippen LogP contribution in [0.5, 0.6) is 0 Å². The van der Waals surface area contributed by atoms with Crippen LogP contribution in [-0.4, -0.2) is 26.6 Å². The Labute approximate surface area is 119 Å². The zero-order chi connectivity index (χ0) is 15.1. The predicted molar refractivity (Wildman–Crippen MR) is 79.1 cm³/mol. The molecule has 0 bridgehead atoms. The number of anilines is 1. The topological polar surface area (TPSA) is 80.5 Å². The number of nitrogens with zero attached hydrogens (tertiary/aromatic N) is 1. The van der Waals surface area contributed by atoms with Gasteiger partial charge in [-0.25, -0.2) is 13.6 Å². The number of amides is 1. The van der Waals surface area contributed by atoms with Crippen LogP contribution in [-0.2, 0) is 14.8 Å². The molecule has 1 aromatic rings. The van der Waals surface area contributed by atoms with Crippen LogP contribution in [0.1, 0.15) is 23.1 Å². The van der Waals surface area contributed by atoms with Crippen molar-refractivity contribution in [1.29, 1.82) is 0 Å². The van der Waals surface area contributed by atoms with Gasteiger partial charge in [0.05, 0.1) is 5.75 Å². The summed E-state index contributed by atoms with van der Waals surface area (Å²) >= 11 is 0. The van der Waals surface area contributed by atoms with E-state index in [-0.39, 0.29) is 24.0 Å². The van der Waals surface area contributed by atoms with Crippen LogP contribution in [0.25, 0.3) is 0 Å². The summed E-state index contributed by atoms with van der Waals surface area (Å²) in [5, 5.41) is 5.07. The summed E-state index contributed by atoms with van der Waals surface area (Å²) in [6.07, 6.45) is 0.239. The van der Waals surface area contributed by atoms with Crippen LogP contribution in [0.3, 0.4) is 0 Å². The normalized spacial score (nSPS) is 19.7. The van der Waals surface area contributed by atoms with Gasteiger partial charge in [0.2, 0.25) is 15.9 Å². The second kappa shape index (κ2) is 5.18. The molecule has 1 aliphatic rings. The van der Waals surface area contributed by atoms with E-state index in [9.17, 15) is 13.2 Å². The molecule has 0 saturated carbocycles. The Kier molecular flexibility index (Phi) is 3.88. The zero-order valence-corrected chi connectivity index (χ0v) is 12.8. The number of nitrogens with two attached hydrogens (primary N) is 1. The molecule has 20 heavy (non-hydrogen) atoms. The second-order valence-electron chi connectivity index (χ2n) is 5.65. The van der Waals surface area contributed by atoms with E-state index >= 15 is 0 Å². The number of aryl methyl sites for hydroxylation is 3. The average Bonchev–Trinajstić information content (AvgIpc) is 2.55. The first-order chi connectivity index (χ1) is 9.17. The number of sulfonamides is 1. The zero-order valence-electron chi connectivity index (χ0n) is 12.0. The molecule has 1 unspecified atom stereocenters. The first kappa shape index (κ1) is 15.0. The van der Waals surface area contributed by atoms with Crippen LogP contribution < -0.4 is 10.0 Å². The molecule has 5 nitrogen and oxygen atoms in total. The van der Waals surface area contributed by atoms with Crippen molar-refractivity contribution in [2.45, 2.75) is 27.2 Å². The number of primary sulfonamides is 1. The quantitative estimate of drug-likeness (QED) is 0.911. The Morgan fingerprint density at radius 1 is 1.25 bits per heavy atom. The molecule has 1 heterocycles. The molecule has 0 radical (unpaired) electrons. The molecule has 2 rings (SSSR count). The van der Waals surface area contributed by atoms with Gasteiger partial charge in [0.25, 0.3) is 0 Å². The Hall–Kier alpha value is -1.40. The number of hydrogen-bond acceptors (Lipinski definition) is 3. The van der Waals surface area contributed by atoms with Gasteiger partial charge in [-0.05, 0) is 31.9 Å². The minimum atomic E-state index is -3.54. The lowest BCUT2D eigenvalue weighted by Crippen LogP contribution is -2.28. The number of hydrogen-bond donors (Lipinski definition) is 1. The van der Waals surface area contributed by atoms with Gasteiger partial charge in [-0.3, -0.25) is 4.79 Å². The second-order valence-corrected chi connectivity index (χ2v) is 7.31. The van der Waals surface area contributed by atoms with Gasteiger partial charge in [-0.15, -0.1) is 0 Å². The summed E-state index contributed by atoms with van der Waals surface area (Å²) in [5.41, 5.74) is 4.12. The largest absolute Gasteiger partial charge is 0.312 e. The van der Waals surface area contributed by atoms with E-state index < -0.39 is 10.0 Å². The van der Waals surface area contributed by atoms with Gasteiger partial charge in [0.1, 0.15) is 0 Å². The highest BCUT2D eigenvalue weighted by Crippen LogP contribution is 2.32. The summed E-state index contributed by atoms with van der Waals surface area (Å²) in [6.45, 7) is 6.37. The molecular formula is C14H20N2O3S. The molecule has 1 aromatic carbocycles. The van der Waals surface area contributed by atoms with Crippen LogP contribution in [0.15, 0.2) is 12.1 Å². The molecule has 1 amide bonds. The highest BCUT2D eigenvalue weighted by molar-refractivity contribution is 7.89. The smallest absolute Gasteiger partial charge is 0.227 e. The Balaban J connectivity index is 2.29.